The molecule has 2 aromatic carbocycles. The van der Waals surface area contributed by atoms with Crippen molar-refractivity contribution >= 4 is 55.2 Å². The largest absolute Gasteiger partial charge is 0.301 e. The quantitative estimate of drug-likeness (QED) is 0.318. The molecule has 1 unspecified atom stereocenters. The fraction of sp³-hybridized carbons (Fsp3) is 0.217. The number of carbonyl (C=O) groups is 1. The van der Waals surface area contributed by atoms with Crippen molar-refractivity contribution in [2.75, 3.05) is 5.75 Å². The van der Waals surface area contributed by atoms with Gasteiger partial charge in [0.05, 0.1) is 17.5 Å². The Kier molecular flexibility index (Phi) is 7.27. The minimum absolute atomic E-state index is 0.125. The van der Waals surface area contributed by atoms with Gasteiger partial charge in [0.25, 0.3) is 11.5 Å². The molecule has 9 heteroatoms. The second kappa shape index (κ2) is 10.1. The van der Waals surface area contributed by atoms with Crippen LogP contribution >= 0.6 is 43.6 Å². The summed E-state index contributed by atoms with van der Waals surface area (Å²) in [5.74, 6) is -0.0140. The first-order valence-corrected chi connectivity index (χ1v) is 12.6. The normalized spacial score (nSPS) is 15.7. The van der Waals surface area contributed by atoms with Crippen molar-refractivity contribution in [2.24, 2.45) is 5.10 Å². The van der Waals surface area contributed by atoms with E-state index in [0.29, 0.717) is 23.7 Å². The summed E-state index contributed by atoms with van der Waals surface area (Å²) < 4.78 is 1.97. The number of thioether (sulfide) groups is 1. The van der Waals surface area contributed by atoms with E-state index in [0.717, 1.165) is 25.8 Å². The summed E-state index contributed by atoms with van der Waals surface area (Å²) in [7, 11) is 0. The number of aromatic nitrogens is 2. The lowest BCUT2D eigenvalue weighted by Crippen LogP contribution is -2.28. The van der Waals surface area contributed by atoms with Crippen LogP contribution in [0.3, 0.4) is 0 Å². The molecule has 0 bridgehead atoms. The van der Waals surface area contributed by atoms with Gasteiger partial charge < -0.3 is 4.98 Å². The van der Waals surface area contributed by atoms with Crippen molar-refractivity contribution in [1.82, 2.24) is 15.0 Å². The molecule has 0 aliphatic carbocycles. The molecule has 4 rings (SSSR count). The minimum Gasteiger partial charge on any atom is -0.301 e. The van der Waals surface area contributed by atoms with Crippen LogP contribution in [0.2, 0.25) is 0 Å². The second-order valence-electron chi connectivity index (χ2n) is 7.25. The zero-order chi connectivity index (χ0) is 22.7. The van der Waals surface area contributed by atoms with Crippen LogP contribution in [0, 0.1) is 0 Å². The monoisotopic (exact) mass is 574 g/mol. The average Bonchev–Trinajstić information content (AvgIpc) is 3.23. The SMILES string of the molecule is CCc1cc(=O)[nH]c(SCC(=O)N2N=C(c3ccc(Br)cc3)CC2c2ccc(Br)cc2)n1. The van der Waals surface area contributed by atoms with Crippen molar-refractivity contribution in [1.29, 1.82) is 0 Å². The van der Waals surface area contributed by atoms with E-state index in [1.165, 1.54) is 17.8 Å². The second-order valence-corrected chi connectivity index (χ2v) is 10.0. The van der Waals surface area contributed by atoms with Gasteiger partial charge in [-0.15, -0.1) is 0 Å². The third kappa shape index (κ3) is 5.39. The van der Waals surface area contributed by atoms with Gasteiger partial charge in [-0.05, 0) is 41.8 Å². The third-order valence-electron chi connectivity index (χ3n) is 5.07. The lowest BCUT2D eigenvalue weighted by atomic mass is 9.98. The Morgan fingerprint density at radius 2 is 1.78 bits per heavy atom. The molecule has 2 heterocycles. The number of aryl methyl sites for hydroxylation is 1. The molecule has 1 atom stereocenters. The van der Waals surface area contributed by atoms with Crippen LogP contribution in [0.5, 0.6) is 0 Å². The van der Waals surface area contributed by atoms with Crippen molar-refractivity contribution < 1.29 is 4.79 Å². The Bertz CT molecular complexity index is 1210. The molecule has 0 fully saturated rings. The Labute approximate surface area is 206 Å². The molecule has 32 heavy (non-hydrogen) atoms. The van der Waals surface area contributed by atoms with Gasteiger partial charge in [0.2, 0.25) is 0 Å². The Morgan fingerprint density at radius 3 is 2.44 bits per heavy atom. The first kappa shape index (κ1) is 22.9. The van der Waals surface area contributed by atoms with Crippen molar-refractivity contribution in [3.05, 3.63) is 90.7 Å². The number of rotatable bonds is 6. The van der Waals surface area contributed by atoms with Crippen LogP contribution in [0.25, 0.3) is 0 Å². The number of H-pyrrole nitrogens is 1. The number of hydrogen-bond acceptors (Lipinski definition) is 5. The number of amides is 1. The van der Waals surface area contributed by atoms with E-state index in [2.05, 4.69) is 41.8 Å². The fourth-order valence-electron chi connectivity index (χ4n) is 3.43. The maximum Gasteiger partial charge on any atom is 0.253 e. The topological polar surface area (TPSA) is 78.4 Å². The van der Waals surface area contributed by atoms with Gasteiger partial charge in [0, 0.05) is 27.1 Å². The number of hydrazone groups is 1. The van der Waals surface area contributed by atoms with Crippen molar-refractivity contribution in [3.8, 4) is 0 Å². The number of aromatic amines is 1. The number of nitrogens with one attached hydrogen (secondary N) is 1. The first-order chi connectivity index (χ1) is 15.4. The van der Waals surface area contributed by atoms with E-state index in [9.17, 15) is 9.59 Å². The van der Waals surface area contributed by atoms with Gasteiger partial charge in [-0.3, -0.25) is 9.59 Å². The van der Waals surface area contributed by atoms with E-state index in [1.807, 2.05) is 55.5 Å². The summed E-state index contributed by atoms with van der Waals surface area (Å²) in [5.41, 5.74) is 3.36. The first-order valence-electron chi connectivity index (χ1n) is 10.1. The molecule has 164 valence electrons. The van der Waals surface area contributed by atoms with Crippen LogP contribution in [-0.4, -0.2) is 32.3 Å². The van der Waals surface area contributed by atoms with Gasteiger partial charge in [-0.2, -0.15) is 5.10 Å². The van der Waals surface area contributed by atoms with Crippen molar-refractivity contribution in [2.45, 2.75) is 31.0 Å². The van der Waals surface area contributed by atoms with E-state index in [-0.39, 0.29) is 23.3 Å². The molecular formula is C23H20Br2N4O2S. The molecule has 0 radical (unpaired) electrons. The average molecular weight is 576 g/mol. The predicted molar refractivity (Wildman–Crippen MR) is 134 cm³/mol. The predicted octanol–water partition coefficient (Wildman–Crippen LogP) is 5.33. The molecule has 1 aliphatic heterocycles. The summed E-state index contributed by atoms with van der Waals surface area (Å²) in [6, 6.07) is 17.2. The van der Waals surface area contributed by atoms with Crippen LogP contribution in [0.4, 0.5) is 0 Å². The minimum atomic E-state index is -0.212. The molecule has 1 amide bonds. The highest BCUT2D eigenvalue weighted by Crippen LogP contribution is 2.34. The Morgan fingerprint density at radius 1 is 1.12 bits per heavy atom. The zero-order valence-corrected chi connectivity index (χ0v) is 21.2. The lowest BCUT2D eigenvalue weighted by molar-refractivity contribution is -0.130. The molecule has 0 saturated carbocycles. The number of hydrogen-bond donors (Lipinski definition) is 1. The smallest absolute Gasteiger partial charge is 0.253 e. The summed E-state index contributed by atoms with van der Waals surface area (Å²) in [6.45, 7) is 1.94. The summed E-state index contributed by atoms with van der Waals surface area (Å²) >= 11 is 8.15. The third-order valence-corrected chi connectivity index (χ3v) is 6.98. The van der Waals surface area contributed by atoms with Gasteiger partial charge in [0.1, 0.15) is 0 Å². The highest BCUT2D eigenvalue weighted by Gasteiger charge is 2.33. The van der Waals surface area contributed by atoms with Gasteiger partial charge in [-0.1, -0.05) is 74.8 Å². The van der Waals surface area contributed by atoms with Gasteiger partial charge in [-0.25, -0.2) is 9.99 Å². The molecular weight excluding hydrogens is 556 g/mol. The van der Waals surface area contributed by atoms with E-state index < -0.39 is 0 Å². The van der Waals surface area contributed by atoms with E-state index >= 15 is 0 Å². The van der Waals surface area contributed by atoms with Crippen LogP contribution in [0.15, 0.2) is 78.6 Å². The standard InChI is InChI=1S/C23H20Br2N4O2S/c1-2-18-11-21(30)27-23(26-18)32-13-22(31)29-20(15-5-9-17(25)10-6-15)12-19(28-29)14-3-7-16(24)8-4-14/h3-11,20H,2,12-13H2,1H3,(H,26,27,30). The van der Waals surface area contributed by atoms with Crippen LogP contribution < -0.4 is 5.56 Å². The van der Waals surface area contributed by atoms with Crippen molar-refractivity contribution in [3.63, 3.8) is 0 Å². The van der Waals surface area contributed by atoms with Crippen LogP contribution in [-0.2, 0) is 11.2 Å². The summed E-state index contributed by atoms with van der Waals surface area (Å²) in [6.07, 6.45) is 1.28. The van der Waals surface area contributed by atoms with Crippen LogP contribution in [0.1, 0.15) is 36.2 Å². The summed E-state index contributed by atoms with van der Waals surface area (Å²) in [5, 5.41) is 6.71. The fourth-order valence-corrected chi connectivity index (χ4v) is 4.71. The molecule has 1 aliphatic rings. The van der Waals surface area contributed by atoms with Gasteiger partial charge in [0.15, 0.2) is 5.16 Å². The molecule has 1 aromatic heterocycles. The highest BCUT2D eigenvalue weighted by molar-refractivity contribution is 9.10. The number of benzene rings is 2. The lowest BCUT2D eigenvalue weighted by Gasteiger charge is -2.22. The zero-order valence-electron chi connectivity index (χ0n) is 17.2. The summed E-state index contributed by atoms with van der Waals surface area (Å²) in [4.78, 5) is 32.1. The maximum absolute atomic E-state index is 13.2. The Hall–Kier alpha value is -2.23. The molecule has 3 aromatic rings. The molecule has 0 spiro atoms. The molecule has 1 N–H and O–H groups in total. The number of carbonyl (C=O) groups excluding carboxylic acids is 1. The van der Waals surface area contributed by atoms with E-state index in [4.69, 9.17) is 5.10 Å². The Balaban J connectivity index is 1.58. The van der Waals surface area contributed by atoms with E-state index in [1.54, 1.807) is 5.01 Å². The molecule has 6 nitrogen and oxygen atoms in total. The molecule has 0 saturated heterocycles. The number of nitrogens with zero attached hydrogens (tertiary/aromatic N) is 3. The van der Waals surface area contributed by atoms with Gasteiger partial charge >= 0.3 is 0 Å². The maximum atomic E-state index is 13.2. The number of halogens is 2. The highest BCUT2D eigenvalue weighted by atomic mass is 79.9.